The number of urea groups is 1. The maximum atomic E-state index is 11.2. The lowest BCUT2D eigenvalue weighted by molar-refractivity contribution is 0.241. The van der Waals surface area contributed by atoms with Crippen LogP contribution in [0.3, 0.4) is 0 Å². The lowest BCUT2D eigenvalue weighted by atomic mass is 10.3. The summed E-state index contributed by atoms with van der Waals surface area (Å²) in [4.78, 5) is 11.2. The number of amides is 2. The molecule has 5 heteroatoms. The van der Waals surface area contributed by atoms with E-state index >= 15 is 0 Å². The first-order chi connectivity index (χ1) is 7.08. The zero-order chi connectivity index (χ0) is 11.3. The fourth-order valence-corrected chi connectivity index (χ4v) is 0.966. The summed E-state index contributed by atoms with van der Waals surface area (Å²) in [5, 5.41) is 9.05. The van der Waals surface area contributed by atoms with Crippen LogP contribution in [0.5, 0.6) is 0 Å². The second-order valence-corrected chi connectivity index (χ2v) is 3.42. The monoisotopic (exact) mass is 209 g/mol. The number of nitrogens with one attached hydrogen (secondary N) is 2. The first-order valence-corrected chi connectivity index (χ1v) is 4.66. The summed E-state index contributed by atoms with van der Waals surface area (Å²) in [6.07, 6.45) is 0. The van der Waals surface area contributed by atoms with Crippen LogP contribution in [0.1, 0.15) is 18.4 Å². The van der Waals surface area contributed by atoms with E-state index in [1.165, 1.54) is 0 Å². The van der Waals surface area contributed by atoms with Crippen molar-refractivity contribution in [2.75, 3.05) is 6.54 Å². The fourth-order valence-electron chi connectivity index (χ4n) is 0.966. The van der Waals surface area contributed by atoms with Crippen molar-refractivity contribution in [3.8, 4) is 0 Å². The van der Waals surface area contributed by atoms with Crippen LogP contribution in [0.4, 0.5) is 4.79 Å². The van der Waals surface area contributed by atoms with Crippen molar-refractivity contribution in [2.45, 2.75) is 20.4 Å². The van der Waals surface area contributed by atoms with Crippen LogP contribution in [-0.2, 0) is 6.54 Å². The van der Waals surface area contributed by atoms with Crippen molar-refractivity contribution in [1.82, 2.24) is 15.8 Å². The van der Waals surface area contributed by atoms with Gasteiger partial charge in [-0.1, -0.05) is 17.3 Å². The van der Waals surface area contributed by atoms with Gasteiger partial charge in [0.05, 0.1) is 6.54 Å². The highest BCUT2D eigenvalue weighted by molar-refractivity contribution is 5.73. The van der Waals surface area contributed by atoms with Gasteiger partial charge in [-0.2, -0.15) is 0 Å². The molecule has 0 aromatic carbocycles. The van der Waals surface area contributed by atoms with Gasteiger partial charge >= 0.3 is 6.03 Å². The van der Waals surface area contributed by atoms with Crippen LogP contribution in [0.25, 0.3) is 0 Å². The standard InChI is InChI=1S/C10H15N3O2/c1-7(2)5-11-10(14)12-6-9-4-8(3)15-13-9/h4H,1,5-6H2,2-3H3,(H2,11,12,14). The molecule has 0 radical (unpaired) electrons. The predicted octanol–water partition coefficient (Wildman–Crippen LogP) is 1.36. The van der Waals surface area contributed by atoms with Crippen LogP contribution in [-0.4, -0.2) is 17.7 Å². The highest BCUT2D eigenvalue weighted by atomic mass is 16.5. The SMILES string of the molecule is C=C(C)CNC(=O)NCc1cc(C)on1. The number of hydrogen-bond donors (Lipinski definition) is 2. The summed E-state index contributed by atoms with van der Waals surface area (Å²) in [5.41, 5.74) is 1.61. The van der Waals surface area contributed by atoms with Crippen LogP contribution >= 0.6 is 0 Å². The predicted molar refractivity (Wildman–Crippen MR) is 56.3 cm³/mol. The van der Waals surface area contributed by atoms with Crippen molar-refractivity contribution in [2.24, 2.45) is 0 Å². The minimum Gasteiger partial charge on any atom is -0.361 e. The second-order valence-electron chi connectivity index (χ2n) is 3.42. The lowest BCUT2D eigenvalue weighted by Crippen LogP contribution is -2.35. The number of carbonyl (C=O) groups excluding carboxylic acids is 1. The Hall–Kier alpha value is -1.78. The molecule has 0 fully saturated rings. The van der Waals surface area contributed by atoms with Gasteiger partial charge in [0, 0.05) is 12.6 Å². The van der Waals surface area contributed by atoms with E-state index in [0.717, 1.165) is 11.3 Å². The topological polar surface area (TPSA) is 67.2 Å². The lowest BCUT2D eigenvalue weighted by Gasteiger charge is -2.05. The van der Waals surface area contributed by atoms with Gasteiger partial charge in [0.25, 0.3) is 0 Å². The number of hydrogen-bond acceptors (Lipinski definition) is 3. The van der Waals surface area contributed by atoms with Crippen molar-refractivity contribution in [3.63, 3.8) is 0 Å². The molecule has 0 aliphatic carbocycles. The van der Waals surface area contributed by atoms with Gasteiger partial charge in [-0.15, -0.1) is 0 Å². The minimum absolute atomic E-state index is 0.237. The summed E-state index contributed by atoms with van der Waals surface area (Å²) >= 11 is 0. The van der Waals surface area contributed by atoms with Gasteiger partial charge in [0.2, 0.25) is 0 Å². The van der Waals surface area contributed by atoms with Crippen LogP contribution in [0.15, 0.2) is 22.7 Å². The fraction of sp³-hybridized carbons (Fsp3) is 0.400. The third-order valence-corrected chi connectivity index (χ3v) is 1.66. The smallest absolute Gasteiger partial charge is 0.315 e. The van der Waals surface area contributed by atoms with Gasteiger partial charge in [-0.3, -0.25) is 0 Å². The Labute approximate surface area is 88.5 Å². The van der Waals surface area contributed by atoms with Gasteiger partial charge in [-0.05, 0) is 13.8 Å². The molecule has 1 heterocycles. The molecule has 0 saturated heterocycles. The summed E-state index contributed by atoms with van der Waals surface area (Å²) in [6.45, 7) is 8.17. The van der Waals surface area contributed by atoms with Crippen molar-refractivity contribution in [1.29, 1.82) is 0 Å². The normalized spacial score (nSPS) is 9.73. The molecule has 1 aromatic heterocycles. The number of rotatable bonds is 4. The van der Waals surface area contributed by atoms with Crippen LogP contribution in [0.2, 0.25) is 0 Å². The summed E-state index contributed by atoms with van der Waals surface area (Å²) in [6, 6.07) is 1.54. The molecule has 0 saturated carbocycles. The summed E-state index contributed by atoms with van der Waals surface area (Å²) in [5.74, 6) is 0.731. The maximum Gasteiger partial charge on any atom is 0.315 e. The average molecular weight is 209 g/mol. The van der Waals surface area contributed by atoms with E-state index < -0.39 is 0 Å². The third kappa shape index (κ3) is 4.30. The Morgan fingerprint density at radius 1 is 1.60 bits per heavy atom. The Morgan fingerprint density at radius 2 is 2.33 bits per heavy atom. The Balaban J connectivity index is 2.25. The quantitative estimate of drug-likeness (QED) is 0.736. The van der Waals surface area contributed by atoms with Gasteiger partial charge in [-0.25, -0.2) is 4.79 Å². The molecule has 0 unspecified atom stereocenters. The number of aromatic nitrogens is 1. The van der Waals surface area contributed by atoms with E-state index in [4.69, 9.17) is 4.52 Å². The van der Waals surface area contributed by atoms with E-state index in [9.17, 15) is 4.79 Å². The third-order valence-electron chi connectivity index (χ3n) is 1.66. The van der Waals surface area contributed by atoms with Gasteiger partial charge in [0.1, 0.15) is 11.5 Å². The number of nitrogens with zero attached hydrogens (tertiary/aromatic N) is 1. The Morgan fingerprint density at radius 3 is 2.87 bits per heavy atom. The van der Waals surface area contributed by atoms with E-state index in [0.29, 0.717) is 18.8 Å². The average Bonchev–Trinajstić information content (AvgIpc) is 2.58. The van der Waals surface area contributed by atoms with Gasteiger partial charge < -0.3 is 15.2 Å². The highest BCUT2D eigenvalue weighted by Gasteiger charge is 2.02. The molecule has 2 N–H and O–H groups in total. The summed E-state index contributed by atoms with van der Waals surface area (Å²) < 4.78 is 4.86. The van der Waals surface area contributed by atoms with E-state index in [1.807, 2.05) is 6.92 Å². The molecule has 0 spiro atoms. The molecule has 0 bridgehead atoms. The first-order valence-electron chi connectivity index (χ1n) is 4.66. The molecule has 2 amide bonds. The van der Waals surface area contributed by atoms with Crippen LogP contribution < -0.4 is 10.6 Å². The molecule has 0 aliphatic heterocycles. The summed E-state index contributed by atoms with van der Waals surface area (Å²) in [7, 11) is 0. The Kier molecular flexibility index (Phi) is 3.91. The van der Waals surface area contributed by atoms with E-state index in [-0.39, 0.29) is 6.03 Å². The zero-order valence-electron chi connectivity index (χ0n) is 8.96. The highest BCUT2D eigenvalue weighted by Crippen LogP contribution is 2.00. The van der Waals surface area contributed by atoms with Crippen molar-refractivity contribution < 1.29 is 9.32 Å². The first kappa shape index (κ1) is 11.3. The molecule has 0 atom stereocenters. The molecule has 1 rings (SSSR count). The molecular weight excluding hydrogens is 194 g/mol. The van der Waals surface area contributed by atoms with Gasteiger partial charge in [0.15, 0.2) is 0 Å². The molecule has 0 aliphatic rings. The molecule has 5 nitrogen and oxygen atoms in total. The minimum atomic E-state index is -0.237. The molecule has 15 heavy (non-hydrogen) atoms. The maximum absolute atomic E-state index is 11.2. The molecular formula is C10H15N3O2. The molecule has 82 valence electrons. The Bertz CT molecular complexity index is 357. The largest absolute Gasteiger partial charge is 0.361 e. The molecule has 1 aromatic rings. The van der Waals surface area contributed by atoms with E-state index in [2.05, 4.69) is 22.4 Å². The van der Waals surface area contributed by atoms with Crippen LogP contribution in [0, 0.1) is 6.92 Å². The zero-order valence-corrected chi connectivity index (χ0v) is 8.96. The number of aryl methyl sites for hydroxylation is 1. The second kappa shape index (κ2) is 5.19. The van der Waals surface area contributed by atoms with Crippen molar-refractivity contribution >= 4 is 6.03 Å². The van der Waals surface area contributed by atoms with Crippen molar-refractivity contribution in [3.05, 3.63) is 29.7 Å². The number of carbonyl (C=O) groups is 1. The van der Waals surface area contributed by atoms with E-state index in [1.54, 1.807) is 13.0 Å².